The zero-order chi connectivity index (χ0) is 13.1. The van der Waals surface area contributed by atoms with Crippen LogP contribution in [0.2, 0.25) is 0 Å². The fourth-order valence-electron chi connectivity index (χ4n) is 2.70. The Labute approximate surface area is 105 Å². The third-order valence-corrected chi connectivity index (χ3v) is 4.39. The van der Waals surface area contributed by atoms with Crippen LogP contribution in [-0.4, -0.2) is 18.5 Å². The van der Waals surface area contributed by atoms with Crippen LogP contribution in [-0.2, 0) is 4.79 Å². The quantitative estimate of drug-likeness (QED) is 0.576. The molecule has 0 aliphatic heterocycles. The fourth-order valence-corrected chi connectivity index (χ4v) is 2.70. The van der Waals surface area contributed by atoms with Gasteiger partial charge >= 0.3 is 0 Å². The molecule has 1 aliphatic carbocycles. The van der Waals surface area contributed by atoms with Crippen LogP contribution in [0.1, 0.15) is 40.0 Å². The second kappa shape index (κ2) is 5.55. The molecule has 0 radical (unpaired) electrons. The van der Waals surface area contributed by atoms with Crippen LogP contribution in [0.5, 0.6) is 0 Å². The molecule has 3 unspecified atom stereocenters. The molecule has 17 heavy (non-hydrogen) atoms. The number of hydrogen-bond donors (Lipinski definition) is 2. The SMILES string of the molecule is C#CCCNC(=O)C1CCC(N)C(C)C1(C)C. The lowest BCUT2D eigenvalue weighted by atomic mass is 9.61. The van der Waals surface area contributed by atoms with Crippen molar-refractivity contribution >= 4 is 5.91 Å². The number of terminal acetylenes is 1. The van der Waals surface area contributed by atoms with E-state index in [4.69, 9.17) is 12.2 Å². The molecular weight excluding hydrogens is 212 g/mol. The normalized spacial score (nSPS) is 31.6. The maximum atomic E-state index is 12.1. The first-order valence-electron chi connectivity index (χ1n) is 6.38. The second-order valence-corrected chi connectivity index (χ2v) is 5.65. The topological polar surface area (TPSA) is 55.1 Å². The molecule has 1 fully saturated rings. The standard InChI is InChI=1S/C14H24N2O/c1-5-6-9-16-13(17)11-7-8-12(15)10(2)14(11,3)4/h1,10-12H,6-9,15H2,2-4H3,(H,16,17). The molecule has 0 heterocycles. The lowest BCUT2D eigenvalue weighted by Gasteiger charge is -2.46. The predicted molar refractivity (Wildman–Crippen MR) is 70.1 cm³/mol. The fraction of sp³-hybridized carbons (Fsp3) is 0.786. The van der Waals surface area contributed by atoms with E-state index in [0.717, 1.165) is 12.8 Å². The van der Waals surface area contributed by atoms with E-state index in [9.17, 15) is 4.79 Å². The molecule has 3 heteroatoms. The Morgan fingerprint density at radius 1 is 1.53 bits per heavy atom. The molecule has 3 N–H and O–H groups in total. The van der Waals surface area contributed by atoms with Crippen molar-refractivity contribution in [2.45, 2.75) is 46.1 Å². The molecule has 0 saturated heterocycles. The molecule has 0 spiro atoms. The number of carbonyl (C=O) groups is 1. The highest BCUT2D eigenvalue weighted by Crippen LogP contribution is 2.44. The molecule has 1 amide bonds. The minimum atomic E-state index is -0.0438. The average Bonchev–Trinajstić information content (AvgIpc) is 2.26. The van der Waals surface area contributed by atoms with E-state index in [1.165, 1.54) is 0 Å². The molecule has 0 aromatic rings. The smallest absolute Gasteiger partial charge is 0.223 e. The van der Waals surface area contributed by atoms with Gasteiger partial charge in [-0.1, -0.05) is 20.8 Å². The molecule has 96 valence electrons. The van der Waals surface area contributed by atoms with Crippen LogP contribution >= 0.6 is 0 Å². The number of hydrogen-bond acceptors (Lipinski definition) is 2. The van der Waals surface area contributed by atoms with Crippen LogP contribution in [0.25, 0.3) is 0 Å². The van der Waals surface area contributed by atoms with Gasteiger partial charge in [-0.2, -0.15) is 0 Å². The van der Waals surface area contributed by atoms with Crippen LogP contribution in [0.15, 0.2) is 0 Å². The molecule has 0 aromatic carbocycles. The van der Waals surface area contributed by atoms with Gasteiger partial charge in [0.15, 0.2) is 0 Å². The number of rotatable bonds is 3. The van der Waals surface area contributed by atoms with Gasteiger partial charge in [0.05, 0.1) is 0 Å². The summed E-state index contributed by atoms with van der Waals surface area (Å²) in [5, 5.41) is 2.92. The van der Waals surface area contributed by atoms with E-state index < -0.39 is 0 Å². The number of amides is 1. The van der Waals surface area contributed by atoms with Crippen molar-refractivity contribution in [3.63, 3.8) is 0 Å². The third-order valence-electron chi connectivity index (χ3n) is 4.39. The zero-order valence-corrected chi connectivity index (χ0v) is 11.1. The number of carbonyl (C=O) groups excluding carboxylic acids is 1. The third kappa shape index (κ3) is 3.01. The second-order valence-electron chi connectivity index (χ2n) is 5.65. The molecule has 1 aliphatic rings. The molecule has 0 bridgehead atoms. The van der Waals surface area contributed by atoms with Gasteiger partial charge in [0.25, 0.3) is 0 Å². The van der Waals surface area contributed by atoms with E-state index in [1.807, 2.05) is 0 Å². The van der Waals surface area contributed by atoms with Crippen molar-refractivity contribution in [1.29, 1.82) is 0 Å². The Balaban J connectivity index is 2.64. The van der Waals surface area contributed by atoms with E-state index in [-0.39, 0.29) is 23.3 Å². The number of nitrogens with two attached hydrogens (primary N) is 1. The molecular formula is C14H24N2O. The lowest BCUT2D eigenvalue weighted by Crippen LogP contribution is -2.51. The van der Waals surface area contributed by atoms with Crippen molar-refractivity contribution in [3.8, 4) is 12.3 Å². The maximum Gasteiger partial charge on any atom is 0.223 e. The van der Waals surface area contributed by atoms with Gasteiger partial charge in [0.2, 0.25) is 5.91 Å². The van der Waals surface area contributed by atoms with E-state index in [2.05, 4.69) is 32.0 Å². The van der Waals surface area contributed by atoms with Crippen molar-refractivity contribution < 1.29 is 4.79 Å². The summed E-state index contributed by atoms with van der Waals surface area (Å²) >= 11 is 0. The Morgan fingerprint density at radius 2 is 2.18 bits per heavy atom. The molecule has 3 nitrogen and oxygen atoms in total. The molecule has 1 rings (SSSR count). The summed E-state index contributed by atoms with van der Waals surface area (Å²) < 4.78 is 0. The van der Waals surface area contributed by atoms with Crippen LogP contribution in [0.3, 0.4) is 0 Å². The van der Waals surface area contributed by atoms with Gasteiger partial charge in [0.1, 0.15) is 0 Å². The summed E-state index contributed by atoms with van der Waals surface area (Å²) in [4.78, 5) is 12.1. The highest BCUT2D eigenvalue weighted by molar-refractivity contribution is 5.79. The maximum absolute atomic E-state index is 12.1. The van der Waals surface area contributed by atoms with E-state index >= 15 is 0 Å². The zero-order valence-electron chi connectivity index (χ0n) is 11.1. The van der Waals surface area contributed by atoms with Crippen LogP contribution in [0.4, 0.5) is 0 Å². The first-order valence-corrected chi connectivity index (χ1v) is 6.38. The summed E-state index contributed by atoms with van der Waals surface area (Å²) in [6.45, 7) is 7.00. The summed E-state index contributed by atoms with van der Waals surface area (Å²) in [6.07, 6.45) is 7.56. The molecule has 3 atom stereocenters. The van der Waals surface area contributed by atoms with Crippen molar-refractivity contribution in [2.75, 3.05) is 6.54 Å². The van der Waals surface area contributed by atoms with Crippen molar-refractivity contribution in [1.82, 2.24) is 5.32 Å². The van der Waals surface area contributed by atoms with E-state index in [0.29, 0.717) is 18.9 Å². The minimum absolute atomic E-state index is 0.0438. The van der Waals surface area contributed by atoms with Gasteiger partial charge in [-0.15, -0.1) is 12.3 Å². The van der Waals surface area contributed by atoms with Gasteiger partial charge in [-0.3, -0.25) is 4.79 Å². The van der Waals surface area contributed by atoms with Gasteiger partial charge < -0.3 is 11.1 Å². The summed E-state index contributed by atoms with van der Waals surface area (Å²) in [5.74, 6) is 3.07. The van der Waals surface area contributed by atoms with Gasteiger partial charge in [-0.25, -0.2) is 0 Å². The highest BCUT2D eigenvalue weighted by Gasteiger charge is 2.44. The number of nitrogens with one attached hydrogen (secondary N) is 1. The lowest BCUT2D eigenvalue weighted by molar-refractivity contribution is -0.132. The molecule has 0 aromatic heterocycles. The largest absolute Gasteiger partial charge is 0.355 e. The Hall–Kier alpha value is -1.01. The monoisotopic (exact) mass is 236 g/mol. The Kier molecular flexibility index (Phi) is 4.59. The minimum Gasteiger partial charge on any atom is -0.355 e. The first-order chi connectivity index (χ1) is 7.91. The average molecular weight is 236 g/mol. The van der Waals surface area contributed by atoms with Crippen molar-refractivity contribution in [2.24, 2.45) is 23.0 Å². The first kappa shape index (κ1) is 14.1. The van der Waals surface area contributed by atoms with Crippen LogP contribution in [0, 0.1) is 29.6 Å². The molecule has 1 saturated carbocycles. The van der Waals surface area contributed by atoms with Gasteiger partial charge in [-0.05, 0) is 24.2 Å². The predicted octanol–water partition coefficient (Wildman–Crippen LogP) is 1.53. The van der Waals surface area contributed by atoms with E-state index in [1.54, 1.807) is 0 Å². The summed E-state index contributed by atoms with van der Waals surface area (Å²) in [7, 11) is 0. The van der Waals surface area contributed by atoms with Crippen LogP contribution < -0.4 is 11.1 Å². The Morgan fingerprint density at radius 3 is 2.76 bits per heavy atom. The Bertz CT molecular complexity index is 317. The van der Waals surface area contributed by atoms with Crippen molar-refractivity contribution in [3.05, 3.63) is 0 Å². The summed E-state index contributed by atoms with van der Waals surface area (Å²) in [6, 6.07) is 0.208. The summed E-state index contributed by atoms with van der Waals surface area (Å²) in [5.41, 5.74) is 6.04. The highest BCUT2D eigenvalue weighted by atomic mass is 16.1. The van der Waals surface area contributed by atoms with Gasteiger partial charge in [0, 0.05) is 24.9 Å².